The van der Waals surface area contributed by atoms with Crippen LogP contribution in [0.5, 0.6) is 0 Å². The van der Waals surface area contributed by atoms with Crippen LogP contribution >= 0.6 is 0 Å². The number of hydrogen-bond acceptors (Lipinski definition) is 2. The highest BCUT2D eigenvalue weighted by Crippen LogP contribution is 2.46. The van der Waals surface area contributed by atoms with Crippen LogP contribution < -0.4 is 10.6 Å². The Labute approximate surface area is 138 Å². The molecule has 124 valence electrons. The van der Waals surface area contributed by atoms with E-state index in [2.05, 4.69) is 29.7 Å². The molecule has 0 saturated heterocycles. The summed E-state index contributed by atoms with van der Waals surface area (Å²) < 4.78 is 0. The van der Waals surface area contributed by atoms with E-state index in [0.29, 0.717) is 31.2 Å². The van der Waals surface area contributed by atoms with Crippen LogP contribution in [-0.2, 0) is 9.59 Å². The molecule has 1 aromatic carbocycles. The van der Waals surface area contributed by atoms with E-state index in [1.165, 1.54) is 12.0 Å². The maximum absolute atomic E-state index is 12.2. The number of hydrogen-bond donors (Lipinski definition) is 2. The fourth-order valence-electron chi connectivity index (χ4n) is 3.11. The Kier molecular flexibility index (Phi) is 4.99. The topological polar surface area (TPSA) is 58.2 Å². The Morgan fingerprint density at radius 1 is 1.22 bits per heavy atom. The largest absolute Gasteiger partial charge is 0.356 e. The first-order chi connectivity index (χ1) is 11.1. The molecular weight excluding hydrogens is 288 g/mol. The van der Waals surface area contributed by atoms with Crippen molar-refractivity contribution in [3.05, 3.63) is 35.9 Å². The van der Waals surface area contributed by atoms with E-state index in [1.54, 1.807) is 0 Å². The molecule has 2 amide bonds. The Hall–Kier alpha value is -1.84. The molecule has 23 heavy (non-hydrogen) atoms. The summed E-state index contributed by atoms with van der Waals surface area (Å²) in [7, 11) is 0. The van der Waals surface area contributed by atoms with E-state index < -0.39 is 0 Å². The van der Waals surface area contributed by atoms with Crippen LogP contribution in [0.2, 0.25) is 0 Å². The minimum atomic E-state index is 0.0821. The fraction of sp³-hybridized carbons (Fsp3) is 0.579. The molecule has 0 spiro atoms. The molecule has 4 nitrogen and oxygen atoms in total. The first kappa shape index (κ1) is 16.0. The van der Waals surface area contributed by atoms with Crippen molar-refractivity contribution in [2.24, 2.45) is 17.8 Å². The van der Waals surface area contributed by atoms with Gasteiger partial charge in [-0.3, -0.25) is 9.59 Å². The van der Waals surface area contributed by atoms with E-state index >= 15 is 0 Å². The van der Waals surface area contributed by atoms with Crippen molar-refractivity contribution >= 4 is 11.8 Å². The highest BCUT2D eigenvalue weighted by Gasteiger charge is 2.40. The molecule has 4 heteroatoms. The average molecular weight is 314 g/mol. The van der Waals surface area contributed by atoms with Crippen molar-refractivity contribution in [1.82, 2.24) is 10.6 Å². The molecule has 3 atom stereocenters. The van der Waals surface area contributed by atoms with E-state index in [4.69, 9.17) is 0 Å². The molecule has 3 rings (SSSR count). The second kappa shape index (κ2) is 7.16. The van der Waals surface area contributed by atoms with Gasteiger partial charge in [-0.25, -0.2) is 0 Å². The van der Waals surface area contributed by atoms with Crippen LogP contribution in [0.4, 0.5) is 0 Å². The molecular formula is C19H26N2O2. The van der Waals surface area contributed by atoms with Gasteiger partial charge in [0.15, 0.2) is 0 Å². The van der Waals surface area contributed by atoms with Crippen LogP contribution in [0.15, 0.2) is 30.3 Å². The monoisotopic (exact) mass is 314 g/mol. The summed E-state index contributed by atoms with van der Waals surface area (Å²) in [4.78, 5) is 23.8. The van der Waals surface area contributed by atoms with Crippen LogP contribution in [0.25, 0.3) is 0 Å². The Balaban J connectivity index is 1.43. The molecule has 1 aromatic rings. The van der Waals surface area contributed by atoms with Gasteiger partial charge in [-0.15, -0.1) is 0 Å². The van der Waals surface area contributed by atoms with Gasteiger partial charge in [-0.2, -0.15) is 0 Å². The third kappa shape index (κ3) is 4.57. The van der Waals surface area contributed by atoms with Crippen LogP contribution in [0, 0.1) is 17.8 Å². The van der Waals surface area contributed by atoms with Gasteiger partial charge in [0, 0.05) is 18.9 Å². The van der Waals surface area contributed by atoms with Gasteiger partial charge in [0.05, 0.1) is 6.04 Å². The third-order valence-corrected chi connectivity index (χ3v) is 4.90. The van der Waals surface area contributed by atoms with Crippen LogP contribution in [0.1, 0.15) is 50.6 Å². The van der Waals surface area contributed by atoms with Crippen molar-refractivity contribution in [3.8, 4) is 0 Å². The SMILES string of the molecule is C[C@@H]1C[C@H]1[C@H](NC(=O)CCCNC(=O)C1CC1)c1ccccc1. The number of benzene rings is 1. The fourth-order valence-corrected chi connectivity index (χ4v) is 3.11. The summed E-state index contributed by atoms with van der Waals surface area (Å²) >= 11 is 0. The zero-order valence-electron chi connectivity index (χ0n) is 13.8. The summed E-state index contributed by atoms with van der Waals surface area (Å²) in [6.07, 6.45) is 4.38. The lowest BCUT2D eigenvalue weighted by Gasteiger charge is -2.19. The first-order valence-corrected chi connectivity index (χ1v) is 8.77. The molecule has 2 aliphatic carbocycles. The van der Waals surface area contributed by atoms with Crippen molar-refractivity contribution in [3.63, 3.8) is 0 Å². The minimum absolute atomic E-state index is 0.0821. The molecule has 0 aromatic heterocycles. The van der Waals surface area contributed by atoms with Crippen molar-refractivity contribution in [2.45, 2.75) is 45.1 Å². The number of carbonyl (C=O) groups is 2. The number of amides is 2. The van der Waals surface area contributed by atoms with Crippen molar-refractivity contribution < 1.29 is 9.59 Å². The van der Waals surface area contributed by atoms with Gasteiger partial charge < -0.3 is 10.6 Å². The number of carbonyl (C=O) groups excluding carboxylic acids is 2. The summed E-state index contributed by atoms with van der Waals surface area (Å²) in [5.41, 5.74) is 1.19. The van der Waals surface area contributed by atoms with Gasteiger partial charge in [0.25, 0.3) is 0 Å². The number of nitrogens with one attached hydrogen (secondary N) is 2. The highest BCUT2D eigenvalue weighted by atomic mass is 16.2. The average Bonchev–Trinajstić information content (AvgIpc) is 3.46. The van der Waals surface area contributed by atoms with Gasteiger partial charge >= 0.3 is 0 Å². The zero-order valence-corrected chi connectivity index (χ0v) is 13.8. The Morgan fingerprint density at radius 2 is 1.91 bits per heavy atom. The van der Waals surface area contributed by atoms with Gasteiger partial charge in [0.2, 0.25) is 11.8 Å². The molecule has 0 bridgehead atoms. The number of rotatable bonds is 8. The van der Waals surface area contributed by atoms with E-state index in [1.807, 2.05) is 18.2 Å². The van der Waals surface area contributed by atoms with Gasteiger partial charge in [0.1, 0.15) is 0 Å². The molecule has 2 aliphatic rings. The lowest BCUT2D eigenvalue weighted by molar-refractivity contribution is -0.124. The normalized spacial score (nSPS) is 23.9. The summed E-state index contributed by atoms with van der Waals surface area (Å²) in [5, 5.41) is 6.11. The standard InChI is InChI=1S/C19H26N2O2/c1-13-12-16(13)18(14-6-3-2-4-7-14)21-17(22)8-5-11-20-19(23)15-9-10-15/h2-4,6-7,13,15-16,18H,5,8-12H2,1H3,(H,20,23)(H,21,22)/t13-,16-,18-/m1/s1. The quantitative estimate of drug-likeness (QED) is 0.725. The molecule has 0 radical (unpaired) electrons. The molecule has 2 fully saturated rings. The highest BCUT2D eigenvalue weighted by molar-refractivity contribution is 5.81. The second-order valence-electron chi connectivity index (χ2n) is 7.00. The predicted octanol–water partition coefficient (Wildman–Crippen LogP) is 2.81. The summed E-state index contributed by atoms with van der Waals surface area (Å²) in [5.74, 6) is 1.70. The van der Waals surface area contributed by atoms with E-state index in [9.17, 15) is 9.59 Å². The maximum atomic E-state index is 12.2. The third-order valence-electron chi connectivity index (χ3n) is 4.90. The predicted molar refractivity (Wildman–Crippen MR) is 89.6 cm³/mol. The Morgan fingerprint density at radius 3 is 2.52 bits per heavy atom. The molecule has 0 aliphatic heterocycles. The summed E-state index contributed by atoms with van der Waals surface area (Å²) in [6.45, 7) is 2.83. The van der Waals surface area contributed by atoms with Crippen molar-refractivity contribution in [2.75, 3.05) is 6.54 Å². The van der Waals surface area contributed by atoms with Crippen LogP contribution in [0.3, 0.4) is 0 Å². The minimum Gasteiger partial charge on any atom is -0.356 e. The van der Waals surface area contributed by atoms with Gasteiger partial charge in [-0.05, 0) is 43.1 Å². The molecule has 0 unspecified atom stereocenters. The maximum Gasteiger partial charge on any atom is 0.223 e. The lowest BCUT2D eigenvalue weighted by Crippen LogP contribution is -2.31. The van der Waals surface area contributed by atoms with E-state index in [-0.39, 0.29) is 23.8 Å². The zero-order chi connectivity index (χ0) is 16.2. The second-order valence-corrected chi connectivity index (χ2v) is 7.00. The lowest BCUT2D eigenvalue weighted by atomic mass is 10.0. The first-order valence-electron chi connectivity index (χ1n) is 8.77. The molecule has 2 N–H and O–H groups in total. The molecule has 2 saturated carbocycles. The smallest absolute Gasteiger partial charge is 0.223 e. The van der Waals surface area contributed by atoms with E-state index in [0.717, 1.165) is 12.8 Å². The van der Waals surface area contributed by atoms with Gasteiger partial charge in [-0.1, -0.05) is 37.3 Å². The summed E-state index contributed by atoms with van der Waals surface area (Å²) in [6, 6.07) is 10.3. The molecule has 0 heterocycles. The van der Waals surface area contributed by atoms with Crippen LogP contribution in [-0.4, -0.2) is 18.4 Å². The Bertz CT molecular complexity index is 554. The van der Waals surface area contributed by atoms with Crippen molar-refractivity contribution in [1.29, 1.82) is 0 Å².